The molecule has 1 aliphatic rings. The number of benzene rings is 2. The summed E-state index contributed by atoms with van der Waals surface area (Å²) >= 11 is 0. The number of esters is 4. The van der Waals surface area contributed by atoms with Crippen molar-refractivity contribution in [2.45, 2.75) is 64.6 Å². The zero-order valence-corrected chi connectivity index (χ0v) is 21.0. The van der Waals surface area contributed by atoms with Crippen LogP contribution in [0.1, 0.15) is 50.5 Å². The highest BCUT2D eigenvalue weighted by Crippen LogP contribution is 2.38. The number of phenolic OH excluding ortho intramolecular Hbond substituents is 1. The standard InChI is InChI=1S/C27H30O10/c1-15(28)33-14-23-25(34-16(2)29)27(36-18(4)31)26(35-17(3)30)24(37-23)21-7-5-6-20(13-21)12-19-8-10-22(32)11-9-19/h5-11,13,23-27,32H,12,14H2,1-4H3/t23-,24+,25-,26+,27+/m1/s1. The minimum Gasteiger partial charge on any atom is -0.508 e. The Balaban J connectivity index is 2.02. The van der Waals surface area contributed by atoms with Gasteiger partial charge < -0.3 is 28.8 Å². The lowest BCUT2D eigenvalue weighted by molar-refractivity contribution is -0.254. The highest BCUT2D eigenvalue weighted by Gasteiger charge is 2.52. The number of phenols is 1. The Hall–Kier alpha value is -3.92. The van der Waals surface area contributed by atoms with E-state index in [0.717, 1.165) is 11.1 Å². The normalized spacial score (nSPS) is 23.0. The number of carbonyl (C=O) groups excluding carboxylic acids is 4. The van der Waals surface area contributed by atoms with Gasteiger partial charge in [0.15, 0.2) is 18.3 Å². The third-order valence-corrected chi connectivity index (χ3v) is 5.61. The fraction of sp³-hybridized carbons (Fsp3) is 0.407. The van der Waals surface area contributed by atoms with Crippen molar-refractivity contribution < 1.29 is 48.0 Å². The molecule has 0 spiro atoms. The van der Waals surface area contributed by atoms with Crippen molar-refractivity contribution in [2.24, 2.45) is 0 Å². The van der Waals surface area contributed by atoms with Crippen LogP contribution in [0.4, 0.5) is 0 Å². The van der Waals surface area contributed by atoms with E-state index >= 15 is 0 Å². The summed E-state index contributed by atoms with van der Waals surface area (Å²) in [6, 6.07) is 14.1. The van der Waals surface area contributed by atoms with Crippen molar-refractivity contribution in [3.8, 4) is 5.75 Å². The zero-order chi connectivity index (χ0) is 27.1. The molecule has 0 aromatic heterocycles. The van der Waals surface area contributed by atoms with E-state index in [4.69, 9.17) is 23.7 Å². The number of carbonyl (C=O) groups is 4. The van der Waals surface area contributed by atoms with Gasteiger partial charge in [0, 0.05) is 27.7 Å². The maximum Gasteiger partial charge on any atom is 0.303 e. The maximum absolute atomic E-state index is 12.1. The molecule has 3 rings (SSSR count). The summed E-state index contributed by atoms with van der Waals surface area (Å²) in [5, 5.41) is 9.55. The second-order valence-electron chi connectivity index (χ2n) is 8.71. The van der Waals surface area contributed by atoms with Crippen LogP contribution in [0.2, 0.25) is 0 Å². The average Bonchev–Trinajstić information content (AvgIpc) is 2.81. The first kappa shape index (κ1) is 27.7. The molecule has 1 fully saturated rings. The fourth-order valence-corrected chi connectivity index (χ4v) is 4.23. The second kappa shape index (κ2) is 12.4. The lowest BCUT2D eigenvalue weighted by Gasteiger charge is -2.44. The van der Waals surface area contributed by atoms with Gasteiger partial charge in [-0.05, 0) is 35.2 Å². The Morgan fingerprint density at radius 2 is 1.35 bits per heavy atom. The summed E-state index contributed by atoms with van der Waals surface area (Å²) in [7, 11) is 0. The summed E-state index contributed by atoms with van der Waals surface area (Å²) in [4.78, 5) is 47.5. The molecular weight excluding hydrogens is 484 g/mol. The SMILES string of the molecule is CC(=O)OC[C@H]1O[C@@H](c2cccc(Cc3ccc(O)cc3)c2)[C@H](OC(C)=O)[C@@H](OC(C)=O)[C@@H]1OC(C)=O. The first-order valence-corrected chi connectivity index (χ1v) is 11.7. The van der Waals surface area contributed by atoms with Crippen LogP contribution >= 0.6 is 0 Å². The van der Waals surface area contributed by atoms with Gasteiger partial charge in [-0.25, -0.2) is 0 Å². The molecule has 1 aliphatic heterocycles. The summed E-state index contributed by atoms with van der Waals surface area (Å²) in [5.41, 5.74) is 2.46. The van der Waals surface area contributed by atoms with Gasteiger partial charge in [-0.15, -0.1) is 0 Å². The van der Waals surface area contributed by atoms with Gasteiger partial charge in [0.2, 0.25) is 0 Å². The van der Waals surface area contributed by atoms with Gasteiger partial charge >= 0.3 is 23.9 Å². The Morgan fingerprint density at radius 3 is 1.95 bits per heavy atom. The molecule has 0 radical (unpaired) electrons. The molecule has 0 unspecified atom stereocenters. The molecule has 2 aromatic carbocycles. The van der Waals surface area contributed by atoms with E-state index in [0.29, 0.717) is 12.0 Å². The molecule has 5 atom stereocenters. The van der Waals surface area contributed by atoms with Crippen molar-refractivity contribution in [1.29, 1.82) is 0 Å². The molecule has 0 aliphatic carbocycles. The number of rotatable bonds is 8. The van der Waals surface area contributed by atoms with Crippen molar-refractivity contribution in [2.75, 3.05) is 6.61 Å². The summed E-state index contributed by atoms with van der Waals surface area (Å²) < 4.78 is 27.8. The Morgan fingerprint density at radius 1 is 0.757 bits per heavy atom. The molecule has 1 heterocycles. The largest absolute Gasteiger partial charge is 0.508 e. The number of ether oxygens (including phenoxy) is 5. The van der Waals surface area contributed by atoms with Crippen LogP contribution in [-0.4, -0.2) is 60.0 Å². The highest BCUT2D eigenvalue weighted by molar-refractivity contribution is 5.69. The summed E-state index contributed by atoms with van der Waals surface area (Å²) in [6.07, 6.45) is -5.02. The van der Waals surface area contributed by atoms with Gasteiger partial charge in [-0.3, -0.25) is 19.2 Å². The van der Waals surface area contributed by atoms with E-state index < -0.39 is 54.4 Å². The first-order chi connectivity index (χ1) is 17.5. The first-order valence-electron chi connectivity index (χ1n) is 11.7. The minimum absolute atomic E-state index is 0.162. The predicted octanol–water partition coefficient (Wildman–Crippen LogP) is 2.78. The molecular formula is C27H30O10. The van der Waals surface area contributed by atoms with Crippen molar-refractivity contribution >= 4 is 23.9 Å². The van der Waals surface area contributed by atoms with E-state index in [9.17, 15) is 24.3 Å². The van der Waals surface area contributed by atoms with Crippen molar-refractivity contribution in [3.63, 3.8) is 0 Å². The number of hydrogen-bond acceptors (Lipinski definition) is 10. The van der Waals surface area contributed by atoms with Gasteiger partial charge in [0.25, 0.3) is 0 Å². The van der Waals surface area contributed by atoms with Crippen molar-refractivity contribution in [3.05, 3.63) is 65.2 Å². The Bertz CT molecular complexity index is 1130. The van der Waals surface area contributed by atoms with Gasteiger partial charge in [0.1, 0.15) is 24.6 Å². The molecule has 1 saturated heterocycles. The van der Waals surface area contributed by atoms with E-state index in [1.54, 1.807) is 36.4 Å². The third-order valence-electron chi connectivity index (χ3n) is 5.61. The summed E-state index contributed by atoms with van der Waals surface area (Å²) in [6.45, 7) is 4.49. The van der Waals surface area contributed by atoms with Crippen LogP contribution in [-0.2, 0) is 49.3 Å². The van der Waals surface area contributed by atoms with Gasteiger partial charge in [0.05, 0.1) is 0 Å². The Labute approximate surface area is 214 Å². The zero-order valence-electron chi connectivity index (χ0n) is 21.0. The van der Waals surface area contributed by atoms with Crippen LogP contribution in [0.3, 0.4) is 0 Å². The molecule has 10 heteroatoms. The molecule has 0 amide bonds. The maximum atomic E-state index is 12.1. The lowest BCUT2D eigenvalue weighted by atomic mass is 9.89. The fourth-order valence-electron chi connectivity index (χ4n) is 4.23. The highest BCUT2D eigenvalue weighted by atomic mass is 16.7. The van der Waals surface area contributed by atoms with Crippen LogP contribution in [0.15, 0.2) is 48.5 Å². The molecule has 10 nitrogen and oxygen atoms in total. The molecule has 1 N–H and O–H groups in total. The number of aromatic hydroxyl groups is 1. The van der Waals surface area contributed by atoms with E-state index in [1.807, 2.05) is 12.1 Å². The second-order valence-corrected chi connectivity index (χ2v) is 8.71. The topological polar surface area (TPSA) is 135 Å². The third kappa shape index (κ3) is 7.78. The van der Waals surface area contributed by atoms with Gasteiger partial charge in [-0.2, -0.15) is 0 Å². The lowest BCUT2D eigenvalue weighted by Crippen LogP contribution is -2.59. The smallest absolute Gasteiger partial charge is 0.303 e. The van der Waals surface area contributed by atoms with Crippen LogP contribution in [0.25, 0.3) is 0 Å². The van der Waals surface area contributed by atoms with Crippen LogP contribution < -0.4 is 0 Å². The quantitative estimate of drug-likeness (QED) is 0.414. The molecule has 2 aromatic rings. The monoisotopic (exact) mass is 514 g/mol. The minimum atomic E-state index is -1.23. The van der Waals surface area contributed by atoms with E-state index in [1.165, 1.54) is 27.7 Å². The number of hydrogen-bond donors (Lipinski definition) is 1. The molecule has 0 bridgehead atoms. The Kier molecular flexibility index (Phi) is 9.24. The molecule has 0 saturated carbocycles. The molecule has 37 heavy (non-hydrogen) atoms. The van der Waals surface area contributed by atoms with Crippen LogP contribution in [0, 0.1) is 0 Å². The molecule has 198 valence electrons. The van der Waals surface area contributed by atoms with Gasteiger partial charge in [-0.1, -0.05) is 36.4 Å². The summed E-state index contributed by atoms with van der Waals surface area (Å²) in [5.74, 6) is -2.45. The average molecular weight is 515 g/mol. The van der Waals surface area contributed by atoms with E-state index in [2.05, 4.69) is 0 Å². The van der Waals surface area contributed by atoms with Crippen molar-refractivity contribution in [1.82, 2.24) is 0 Å². The van der Waals surface area contributed by atoms with Crippen LogP contribution in [0.5, 0.6) is 5.75 Å². The van der Waals surface area contributed by atoms with E-state index in [-0.39, 0.29) is 12.4 Å². The predicted molar refractivity (Wildman–Crippen MR) is 128 cm³/mol.